The molecule has 0 radical (unpaired) electrons. The number of amides is 2. The van der Waals surface area contributed by atoms with Crippen molar-refractivity contribution in [2.45, 2.75) is 19.9 Å². The zero-order valence-electron chi connectivity index (χ0n) is 12.4. The van der Waals surface area contributed by atoms with E-state index in [1.807, 2.05) is 6.92 Å². The van der Waals surface area contributed by atoms with E-state index < -0.39 is 0 Å². The maximum atomic E-state index is 11.5. The summed E-state index contributed by atoms with van der Waals surface area (Å²) >= 11 is 0. The van der Waals surface area contributed by atoms with Gasteiger partial charge >= 0.3 is 6.03 Å². The number of nitrogens with one attached hydrogen (secondary N) is 2. The van der Waals surface area contributed by atoms with E-state index in [0.29, 0.717) is 30.3 Å². The Balaban J connectivity index is 2.80. The van der Waals surface area contributed by atoms with Crippen LogP contribution in [0.3, 0.4) is 0 Å². The molecule has 2 N–H and O–H groups in total. The van der Waals surface area contributed by atoms with Crippen LogP contribution in [0.25, 0.3) is 0 Å². The summed E-state index contributed by atoms with van der Waals surface area (Å²) in [5.41, 5.74) is 0.816. The van der Waals surface area contributed by atoms with Crippen LogP contribution in [-0.4, -0.2) is 33.9 Å². The largest absolute Gasteiger partial charge is 0.496 e. The molecular weight excluding hydrogens is 260 g/mol. The lowest BCUT2D eigenvalue weighted by atomic mass is 10.1. The number of urea groups is 1. The number of rotatable bonds is 7. The minimum atomic E-state index is -0.205. The highest BCUT2D eigenvalue weighted by Gasteiger charge is 2.12. The van der Waals surface area contributed by atoms with Crippen LogP contribution in [0.2, 0.25) is 0 Å². The van der Waals surface area contributed by atoms with Crippen LogP contribution in [0, 0.1) is 0 Å². The van der Waals surface area contributed by atoms with Crippen molar-refractivity contribution in [1.82, 2.24) is 10.6 Å². The van der Waals surface area contributed by atoms with E-state index in [2.05, 4.69) is 10.6 Å². The molecule has 6 nitrogen and oxygen atoms in total. The number of benzene rings is 1. The molecule has 0 heterocycles. The van der Waals surface area contributed by atoms with Crippen LogP contribution >= 0.6 is 0 Å². The molecule has 0 aromatic heterocycles. The van der Waals surface area contributed by atoms with Gasteiger partial charge in [0.1, 0.15) is 5.75 Å². The summed E-state index contributed by atoms with van der Waals surface area (Å²) in [5.74, 6) is 1.82. The van der Waals surface area contributed by atoms with Crippen molar-refractivity contribution in [3.05, 3.63) is 17.7 Å². The maximum absolute atomic E-state index is 11.5. The Morgan fingerprint density at radius 1 is 1.00 bits per heavy atom. The third-order valence-electron chi connectivity index (χ3n) is 2.76. The highest BCUT2D eigenvalue weighted by Crippen LogP contribution is 2.34. The Kier molecular flexibility index (Phi) is 6.49. The minimum Gasteiger partial charge on any atom is -0.496 e. The van der Waals surface area contributed by atoms with Crippen molar-refractivity contribution in [2.24, 2.45) is 0 Å². The van der Waals surface area contributed by atoms with E-state index in [1.54, 1.807) is 33.5 Å². The molecule has 0 saturated heterocycles. The maximum Gasteiger partial charge on any atom is 0.315 e. The quantitative estimate of drug-likeness (QED) is 0.801. The summed E-state index contributed by atoms with van der Waals surface area (Å²) in [5, 5.41) is 5.52. The van der Waals surface area contributed by atoms with Crippen LogP contribution in [0.1, 0.15) is 18.9 Å². The average Bonchev–Trinajstić information content (AvgIpc) is 2.49. The number of carbonyl (C=O) groups excluding carboxylic acids is 1. The van der Waals surface area contributed by atoms with Crippen LogP contribution in [0.5, 0.6) is 17.2 Å². The number of hydrogen-bond acceptors (Lipinski definition) is 4. The van der Waals surface area contributed by atoms with E-state index >= 15 is 0 Å². The first-order valence-corrected chi connectivity index (χ1v) is 6.46. The van der Waals surface area contributed by atoms with Crippen molar-refractivity contribution in [3.63, 3.8) is 0 Å². The molecular formula is C14H22N2O4. The summed E-state index contributed by atoms with van der Waals surface area (Å²) in [6.07, 6.45) is 0.896. The molecule has 0 aliphatic rings. The zero-order valence-corrected chi connectivity index (χ0v) is 12.4. The summed E-state index contributed by atoms with van der Waals surface area (Å²) in [6.45, 7) is 2.99. The Bertz CT molecular complexity index is 449. The standard InChI is InChI=1S/C14H22N2O4/c1-5-6-15-14(17)16-9-10-7-12(19-3)13(20-4)8-11(10)18-2/h7-8H,5-6,9H2,1-4H3,(H2,15,16,17). The van der Waals surface area contributed by atoms with Gasteiger partial charge in [-0.3, -0.25) is 0 Å². The predicted molar refractivity (Wildman–Crippen MR) is 76.6 cm³/mol. The van der Waals surface area contributed by atoms with Gasteiger partial charge < -0.3 is 24.8 Å². The molecule has 0 unspecified atom stereocenters. The van der Waals surface area contributed by atoms with Gasteiger partial charge in [-0.15, -0.1) is 0 Å². The Morgan fingerprint density at radius 3 is 2.15 bits per heavy atom. The van der Waals surface area contributed by atoms with E-state index in [9.17, 15) is 4.79 Å². The Labute approximate surface area is 119 Å². The molecule has 112 valence electrons. The second-order valence-corrected chi connectivity index (χ2v) is 4.13. The van der Waals surface area contributed by atoms with Crippen molar-refractivity contribution < 1.29 is 19.0 Å². The number of hydrogen-bond donors (Lipinski definition) is 2. The monoisotopic (exact) mass is 282 g/mol. The SMILES string of the molecule is CCCNC(=O)NCc1cc(OC)c(OC)cc1OC. The van der Waals surface area contributed by atoms with E-state index in [0.717, 1.165) is 12.0 Å². The van der Waals surface area contributed by atoms with Gasteiger partial charge in [-0.25, -0.2) is 4.79 Å². The molecule has 0 atom stereocenters. The van der Waals surface area contributed by atoms with Crippen LogP contribution < -0.4 is 24.8 Å². The minimum absolute atomic E-state index is 0.205. The van der Waals surface area contributed by atoms with Crippen molar-refractivity contribution in [2.75, 3.05) is 27.9 Å². The highest BCUT2D eigenvalue weighted by atomic mass is 16.5. The van der Waals surface area contributed by atoms with E-state index in [1.165, 1.54) is 0 Å². The second-order valence-electron chi connectivity index (χ2n) is 4.13. The molecule has 0 bridgehead atoms. The highest BCUT2D eigenvalue weighted by molar-refractivity contribution is 5.73. The molecule has 0 aliphatic carbocycles. The smallest absolute Gasteiger partial charge is 0.315 e. The first-order valence-electron chi connectivity index (χ1n) is 6.46. The number of methoxy groups -OCH3 is 3. The summed E-state index contributed by atoms with van der Waals surface area (Å²) in [4.78, 5) is 11.5. The van der Waals surface area contributed by atoms with Gasteiger partial charge in [0, 0.05) is 24.7 Å². The molecule has 1 rings (SSSR count). The molecule has 1 aromatic rings. The lowest BCUT2D eigenvalue weighted by molar-refractivity contribution is 0.240. The lowest BCUT2D eigenvalue weighted by Gasteiger charge is -2.14. The number of ether oxygens (including phenoxy) is 3. The van der Waals surface area contributed by atoms with Crippen LogP contribution in [0.4, 0.5) is 4.79 Å². The molecule has 1 aromatic carbocycles. The zero-order chi connectivity index (χ0) is 15.0. The summed E-state index contributed by atoms with van der Waals surface area (Å²) in [6, 6.07) is 3.32. The molecule has 0 fully saturated rings. The van der Waals surface area contributed by atoms with Gasteiger partial charge in [0.15, 0.2) is 11.5 Å². The fourth-order valence-corrected chi connectivity index (χ4v) is 1.71. The lowest BCUT2D eigenvalue weighted by Crippen LogP contribution is -2.35. The van der Waals surface area contributed by atoms with Crippen LogP contribution in [0.15, 0.2) is 12.1 Å². The van der Waals surface area contributed by atoms with E-state index in [4.69, 9.17) is 14.2 Å². The fraction of sp³-hybridized carbons (Fsp3) is 0.500. The van der Waals surface area contributed by atoms with Gasteiger partial charge in [-0.2, -0.15) is 0 Å². The number of carbonyl (C=O) groups is 1. The Hall–Kier alpha value is -2.11. The average molecular weight is 282 g/mol. The fourth-order valence-electron chi connectivity index (χ4n) is 1.71. The molecule has 0 spiro atoms. The van der Waals surface area contributed by atoms with Gasteiger partial charge in [0.2, 0.25) is 0 Å². The first kappa shape index (κ1) is 15.9. The topological polar surface area (TPSA) is 68.8 Å². The van der Waals surface area contributed by atoms with Crippen molar-refractivity contribution >= 4 is 6.03 Å². The second kappa shape index (κ2) is 8.14. The molecule has 6 heteroatoms. The van der Waals surface area contributed by atoms with Gasteiger partial charge in [0.05, 0.1) is 21.3 Å². The first-order chi connectivity index (χ1) is 9.65. The van der Waals surface area contributed by atoms with Gasteiger partial charge in [-0.1, -0.05) is 6.92 Å². The molecule has 0 saturated carbocycles. The van der Waals surface area contributed by atoms with Crippen LogP contribution in [-0.2, 0) is 6.54 Å². The third kappa shape index (κ3) is 4.22. The molecule has 20 heavy (non-hydrogen) atoms. The molecule has 2 amide bonds. The summed E-state index contributed by atoms with van der Waals surface area (Å²) < 4.78 is 15.7. The predicted octanol–water partition coefficient (Wildman–Crippen LogP) is 1.92. The van der Waals surface area contributed by atoms with Crippen molar-refractivity contribution in [3.8, 4) is 17.2 Å². The van der Waals surface area contributed by atoms with Gasteiger partial charge in [0.25, 0.3) is 0 Å². The van der Waals surface area contributed by atoms with Crippen molar-refractivity contribution in [1.29, 1.82) is 0 Å². The third-order valence-corrected chi connectivity index (χ3v) is 2.76. The van der Waals surface area contributed by atoms with Gasteiger partial charge in [-0.05, 0) is 12.5 Å². The normalized spacial score (nSPS) is 9.80. The van der Waals surface area contributed by atoms with E-state index in [-0.39, 0.29) is 6.03 Å². The molecule has 0 aliphatic heterocycles. The Morgan fingerprint density at radius 2 is 1.60 bits per heavy atom. The summed E-state index contributed by atoms with van der Waals surface area (Å²) in [7, 11) is 4.70.